The lowest BCUT2D eigenvalue weighted by Crippen LogP contribution is -2.08. The van der Waals surface area contributed by atoms with Gasteiger partial charge >= 0.3 is 5.97 Å². The van der Waals surface area contributed by atoms with Gasteiger partial charge in [-0.05, 0) is 66.2 Å². The maximum absolute atomic E-state index is 12.1. The van der Waals surface area contributed by atoms with Gasteiger partial charge in [0.25, 0.3) is 0 Å². The summed E-state index contributed by atoms with van der Waals surface area (Å²) >= 11 is 0. The van der Waals surface area contributed by atoms with Gasteiger partial charge in [0, 0.05) is 0 Å². The summed E-state index contributed by atoms with van der Waals surface area (Å²) in [6.07, 6.45) is 0. The Bertz CT molecular complexity index is 852. The van der Waals surface area contributed by atoms with E-state index in [9.17, 15) is 9.90 Å². The number of ether oxygens (including phenoxy) is 3. The number of rotatable bonds is 6. The highest BCUT2D eigenvalue weighted by atomic mass is 16.5. The highest BCUT2D eigenvalue weighted by Crippen LogP contribution is 2.19. The van der Waals surface area contributed by atoms with Gasteiger partial charge in [-0.15, -0.1) is 0 Å². The van der Waals surface area contributed by atoms with E-state index < -0.39 is 5.97 Å². The molecule has 0 bridgehead atoms. The molecule has 132 valence electrons. The van der Waals surface area contributed by atoms with E-state index in [2.05, 4.69) is 0 Å². The molecule has 0 unspecified atom stereocenters. The summed E-state index contributed by atoms with van der Waals surface area (Å²) in [6.45, 7) is 0.418. The van der Waals surface area contributed by atoms with E-state index in [0.717, 1.165) is 11.3 Å². The standard InChI is InChI=1S/C21H18O5/c1-24-18-8-2-15(3-9-18)14-25-19-10-4-16(5-11-19)21(23)26-20-12-6-17(22)7-13-20/h2-13,22H,14H2,1H3. The Balaban J connectivity index is 1.56. The van der Waals surface area contributed by atoms with Crippen molar-refractivity contribution in [3.63, 3.8) is 0 Å². The average Bonchev–Trinajstić information content (AvgIpc) is 2.69. The first kappa shape index (κ1) is 17.4. The number of phenolic OH excluding ortho intramolecular Hbond substituents is 1. The fourth-order valence-corrected chi connectivity index (χ4v) is 2.26. The Morgan fingerprint density at radius 3 is 2.00 bits per heavy atom. The number of methoxy groups -OCH3 is 1. The Morgan fingerprint density at radius 2 is 1.38 bits per heavy atom. The quantitative estimate of drug-likeness (QED) is 0.533. The summed E-state index contributed by atoms with van der Waals surface area (Å²) < 4.78 is 16.1. The van der Waals surface area contributed by atoms with Gasteiger partial charge in [0.1, 0.15) is 29.6 Å². The molecule has 3 aromatic rings. The fraction of sp³-hybridized carbons (Fsp3) is 0.0952. The molecule has 0 saturated carbocycles. The second kappa shape index (κ2) is 8.07. The summed E-state index contributed by atoms with van der Waals surface area (Å²) in [4.78, 5) is 12.1. The van der Waals surface area contributed by atoms with Crippen LogP contribution in [-0.2, 0) is 6.61 Å². The van der Waals surface area contributed by atoms with Crippen LogP contribution in [0.15, 0.2) is 72.8 Å². The molecule has 5 heteroatoms. The SMILES string of the molecule is COc1ccc(COc2ccc(C(=O)Oc3ccc(O)cc3)cc2)cc1. The first-order valence-electron chi connectivity index (χ1n) is 8.01. The van der Waals surface area contributed by atoms with Crippen LogP contribution in [0.5, 0.6) is 23.0 Å². The first-order valence-corrected chi connectivity index (χ1v) is 8.01. The highest BCUT2D eigenvalue weighted by molar-refractivity contribution is 5.91. The van der Waals surface area contributed by atoms with Crippen LogP contribution >= 0.6 is 0 Å². The molecule has 26 heavy (non-hydrogen) atoms. The second-order valence-electron chi connectivity index (χ2n) is 5.54. The van der Waals surface area contributed by atoms with Gasteiger partial charge in [-0.2, -0.15) is 0 Å². The van der Waals surface area contributed by atoms with Crippen LogP contribution < -0.4 is 14.2 Å². The molecule has 0 saturated heterocycles. The van der Waals surface area contributed by atoms with E-state index in [1.165, 1.54) is 24.3 Å². The Kier molecular flexibility index (Phi) is 5.39. The second-order valence-corrected chi connectivity index (χ2v) is 5.54. The number of esters is 1. The number of hydrogen-bond acceptors (Lipinski definition) is 5. The van der Waals surface area contributed by atoms with Gasteiger partial charge in [0.05, 0.1) is 12.7 Å². The van der Waals surface area contributed by atoms with E-state index in [1.54, 1.807) is 31.4 Å². The van der Waals surface area contributed by atoms with Gasteiger partial charge in [0.15, 0.2) is 0 Å². The lowest BCUT2D eigenvalue weighted by molar-refractivity contribution is 0.0734. The minimum atomic E-state index is -0.475. The molecule has 0 aliphatic rings. The number of carbonyl (C=O) groups excluding carboxylic acids is 1. The molecule has 0 fully saturated rings. The molecule has 5 nitrogen and oxygen atoms in total. The lowest BCUT2D eigenvalue weighted by Gasteiger charge is -2.08. The van der Waals surface area contributed by atoms with E-state index in [1.807, 2.05) is 24.3 Å². The molecular weight excluding hydrogens is 332 g/mol. The fourth-order valence-electron chi connectivity index (χ4n) is 2.26. The Labute approximate surface area is 151 Å². The zero-order chi connectivity index (χ0) is 18.4. The molecule has 1 N–H and O–H groups in total. The molecule has 3 rings (SSSR count). The maximum Gasteiger partial charge on any atom is 0.343 e. The normalized spacial score (nSPS) is 10.2. The number of aromatic hydroxyl groups is 1. The average molecular weight is 350 g/mol. The monoisotopic (exact) mass is 350 g/mol. The van der Waals surface area contributed by atoms with Crippen molar-refractivity contribution in [1.29, 1.82) is 0 Å². The third kappa shape index (κ3) is 4.54. The molecule has 0 radical (unpaired) electrons. The van der Waals surface area contributed by atoms with Gasteiger partial charge in [-0.3, -0.25) is 0 Å². The summed E-state index contributed by atoms with van der Waals surface area (Å²) in [7, 11) is 1.62. The summed E-state index contributed by atoms with van der Waals surface area (Å²) in [6, 6.07) is 20.3. The molecule has 0 heterocycles. The Hall–Kier alpha value is -3.47. The predicted octanol–water partition coefficient (Wildman–Crippen LogP) is 4.20. The van der Waals surface area contributed by atoms with E-state index in [4.69, 9.17) is 14.2 Å². The number of carbonyl (C=O) groups is 1. The van der Waals surface area contributed by atoms with Crippen molar-refractivity contribution < 1.29 is 24.1 Å². The smallest absolute Gasteiger partial charge is 0.343 e. The predicted molar refractivity (Wildman–Crippen MR) is 96.8 cm³/mol. The summed E-state index contributed by atoms with van der Waals surface area (Å²) in [5, 5.41) is 9.24. The molecule has 3 aromatic carbocycles. The molecular formula is C21H18O5. The van der Waals surface area contributed by atoms with Gasteiger partial charge in [0.2, 0.25) is 0 Å². The zero-order valence-electron chi connectivity index (χ0n) is 14.2. The van der Waals surface area contributed by atoms with Gasteiger partial charge < -0.3 is 19.3 Å². The van der Waals surface area contributed by atoms with Crippen molar-refractivity contribution >= 4 is 5.97 Å². The molecule has 0 atom stereocenters. The number of hydrogen-bond donors (Lipinski definition) is 1. The molecule has 0 aliphatic heterocycles. The summed E-state index contributed by atoms with van der Waals surface area (Å²) in [5.41, 5.74) is 1.43. The highest BCUT2D eigenvalue weighted by Gasteiger charge is 2.09. The molecule has 0 amide bonds. The van der Waals surface area contributed by atoms with Crippen LogP contribution in [0, 0.1) is 0 Å². The zero-order valence-corrected chi connectivity index (χ0v) is 14.2. The van der Waals surface area contributed by atoms with E-state index in [-0.39, 0.29) is 5.75 Å². The lowest BCUT2D eigenvalue weighted by atomic mass is 10.2. The van der Waals surface area contributed by atoms with Crippen molar-refractivity contribution in [2.45, 2.75) is 6.61 Å². The van der Waals surface area contributed by atoms with E-state index >= 15 is 0 Å². The van der Waals surface area contributed by atoms with E-state index in [0.29, 0.717) is 23.7 Å². The van der Waals surface area contributed by atoms with Crippen LogP contribution in [0.25, 0.3) is 0 Å². The number of phenols is 1. The number of benzene rings is 3. The third-order valence-electron chi connectivity index (χ3n) is 3.70. The maximum atomic E-state index is 12.1. The van der Waals surface area contributed by atoms with Crippen LogP contribution in [0.4, 0.5) is 0 Å². The van der Waals surface area contributed by atoms with Crippen LogP contribution in [0.2, 0.25) is 0 Å². The first-order chi connectivity index (χ1) is 12.6. The molecule has 0 spiro atoms. The van der Waals surface area contributed by atoms with Crippen molar-refractivity contribution in [3.8, 4) is 23.0 Å². The summed E-state index contributed by atoms with van der Waals surface area (Å²) in [5.74, 6) is 1.46. The largest absolute Gasteiger partial charge is 0.508 e. The molecule has 0 aromatic heterocycles. The van der Waals surface area contributed by atoms with Crippen LogP contribution in [0.1, 0.15) is 15.9 Å². The van der Waals surface area contributed by atoms with Crippen molar-refractivity contribution in [3.05, 3.63) is 83.9 Å². The molecule has 0 aliphatic carbocycles. The van der Waals surface area contributed by atoms with Gasteiger partial charge in [-0.1, -0.05) is 12.1 Å². The van der Waals surface area contributed by atoms with Crippen LogP contribution in [0.3, 0.4) is 0 Å². The minimum absolute atomic E-state index is 0.114. The van der Waals surface area contributed by atoms with Crippen molar-refractivity contribution in [2.75, 3.05) is 7.11 Å². The Morgan fingerprint density at radius 1 is 0.808 bits per heavy atom. The van der Waals surface area contributed by atoms with Crippen molar-refractivity contribution in [2.24, 2.45) is 0 Å². The van der Waals surface area contributed by atoms with Gasteiger partial charge in [-0.25, -0.2) is 4.79 Å². The third-order valence-corrected chi connectivity index (χ3v) is 3.70. The topological polar surface area (TPSA) is 65.0 Å². The van der Waals surface area contributed by atoms with Crippen molar-refractivity contribution in [1.82, 2.24) is 0 Å². The minimum Gasteiger partial charge on any atom is -0.508 e. The van der Waals surface area contributed by atoms with Crippen LogP contribution in [-0.4, -0.2) is 18.2 Å².